The van der Waals surface area contributed by atoms with Gasteiger partial charge in [-0.3, -0.25) is 4.68 Å². The molecular weight excluding hydrogens is 289 g/mol. The van der Waals surface area contributed by atoms with E-state index in [0.717, 1.165) is 23.5 Å². The zero-order valence-electron chi connectivity index (χ0n) is 12.9. The highest BCUT2D eigenvalue weighted by atomic mass is 35.5. The number of nitrogens with zero attached hydrogens (tertiary/aromatic N) is 2. The Morgan fingerprint density at radius 3 is 2.62 bits per heavy atom. The van der Waals surface area contributed by atoms with Crippen LogP contribution < -0.4 is 5.32 Å². The van der Waals surface area contributed by atoms with Crippen LogP contribution in [-0.4, -0.2) is 16.3 Å². The number of likely N-dealkylation sites (N-methyl/N-ethyl adjacent to an activating group) is 1. The van der Waals surface area contributed by atoms with Crippen LogP contribution in [0.15, 0.2) is 18.2 Å². The van der Waals surface area contributed by atoms with Crippen molar-refractivity contribution in [1.29, 1.82) is 0 Å². The number of benzene rings is 1. The standard InChI is InChI=1S/C16H21ClFN3/c1-5-19-16(13-7-6-12(17)8-15(13)18)9-14-10(2)20-21(4)11(14)3/h6-8,16,19H,5,9H2,1-4H3. The van der Waals surface area contributed by atoms with E-state index in [9.17, 15) is 4.39 Å². The van der Waals surface area contributed by atoms with Gasteiger partial charge in [-0.05, 0) is 44.5 Å². The fraction of sp³-hybridized carbons (Fsp3) is 0.438. The molecule has 1 heterocycles. The van der Waals surface area contributed by atoms with Crippen molar-refractivity contribution < 1.29 is 4.39 Å². The number of rotatable bonds is 5. The van der Waals surface area contributed by atoms with Crippen LogP contribution in [0.2, 0.25) is 5.02 Å². The maximum Gasteiger partial charge on any atom is 0.129 e. The van der Waals surface area contributed by atoms with Gasteiger partial charge in [0.15, 0.2) is 0 Å². The molecule has 0 aliphatic carbocycles. The van der Waals surface area contributed by atoms with Crippen LogP contribution in [0.3, 0.4) is 0 Å². The molecule has 0 amide bonds. The van der Waals surface area contributed by atoms with Crippen LogP contribution in [-0.2, 0) is 13.5 Å². The van der Waals surface area contributed by atoms with E-state index in [2.05, 4.69) is 10.4 Å². The van der Waals surface area contributed by atoms with Crippen molar-refractivity contribution in [1.82, 2.24) is 15.1 Å². The largest absolute Gasteiger partial charge is 0.310 e. The lowest BCUT2D eigenvalue weighted by molar-refractivity contribution is 0.508. The molecule has 2 rings (SSSR count). The van der Waals surface area contributed by atoms with Crippen molar-refractivity contribution in [2.24, 2.45) is 7.05 Å². The molecule has 0 aliphatic rings. The van der Waals surface area contributed by atoms with Gasteiger partial charge in [-0.2, -0.15) is 5.10 Å². The first-order chi connectivity index (χ1) is 9.93. The van der Waals surface area contributed by atoms with Crippen LogP contribution in [0.5, 0.6) is 0 Å². The molecule has 3 nitrogen and oxygen atoms in total. The summed E-state index contributed by atoms with van der Waals surface area (Å²) in [7, 11) is 1.93. The molecule has 0 saturated carbocycles. The fourth-order valence-corrected chi connectivity index (χ4v) is 2.80. The molecule has 0 aliphatic heterocycles. The summed E-state index contributed by atoms with van der Waals surface area (Å²) < 4.78 is 16.1. The van der Waals surface area contributed by atoms with Gasteiger partial charge in [0.2, 0.25) is 0 Å². The molecule has 21 heavy (non-hydrogen) atoms. The number of hydrogen-bond donors (Lipinski definition) is 1. The SMILES string of the molecule is CCNC(Cc1c(C)nn(C)c1C)c1ccc(Cl)cc1F. The highest BCUT2D eigenvalue weighted by Gasteiger charge is 2.19. The van der Waals surface area contributed by atoms with Crippen molar-refractivity contribution in [2.75, 3.05) is 6.54 Å². The summed E-state index contributed by atoms with van der Waals surface area (Å²) in [6.45, 7) is 6.81. The van der Waals surface area contributed by atoms with E-state index in [0.29, 0.717) is 17.0 Å². The number of aryl methyl sites for hydroxylation is 2. The summed E-state index contributed by atoms with van der Waals surface area (Å²) in [4.78, 5) is 0. The second-order valence-electron chi connectivity index (χ2n) is 5.25. The molecule has 1 N–H and O–H groups in total. The van der Waals surface area contributed by atoms with E-state index in [1.807, 2.05) is 32.5 Å². The quantitative estimate of drug-likeness (QED) is 0.912. The maximum atomic E-state index is 14.2. The van der Waals surface area contributed by atoms with Crippen LogP contribution in [0.1, 0.15) is 35.5 Å². The van der Waals surface area contributed by atoms with Crippen molar-refractivity contribution in [3.8, 4) is 0 Å². The van der Waals surface area contributed by atoms with Gasteiger partial charge < -0.3 is 5.32 Å². The van der Waals surface area contributed by atoms with Gasteiger partial charge >= 0.3 is 0 Å². The van der Waals surface area contributed by atoms with E-state index in [1.165, 1.54) is 6.07 Å². The Bertz CT molecular complexity index is 637. The number of nitrogens with one attached hydrogen (secondary N) is 1. The van der Waals surface area contributed by atoms with Gasteiger partial charge in [0.1, 0.15) is 5.82 Å². The summed E-state index contributed by atoms with van der Waals surface area (Å²) in [5.41, 5.74) is 3.92. The molecule has 5 heteroatoms. The Kier molecular flexibility index (Phi) is 5.01. The molecule has 1 aromatic heterocycles. The van der Waals surface area contributed by atoms with E-state index >= 15 is 0 Å². The molecule has 1 atom stereocenters. The second-order valence-corrected chi connectivity index (χ2v) is 5.69. The highest BCUT2D eigenvalue weighted by molar-refractivity contribution is 6.30. The molecule has 0 radical (unpaired) electrons. The molecule has 1 aromatic carbocycles. The molecule has 0 spiro atoms. The van der Waals surface area contributed by atoms with Gasteiger partial charge in [-0.15, -0.1) is 0 Å². The number of halogens is 2. The molecule has 114 valence electrons. The first kappa shape index (κ1) is 16.0. The third kappa shape index (κ3) is 3.44. The predicted octanol–water partition coefficient (Wildman–Crippen LogP) is 3.72. The Hall–Kier alpha value is -1.39. The van der Waals surface area contributed by atoms with Gasteiger partial charge in [0, 0.05) is 29.4 Å². The first-order valence-corrected chi connectivity index (χ1v) is 7.49. The van der Waals surface area contributed by atoms with Gasteiger partial charge in [0.05, 0.1) is 5.69 Å². The third-order valence-electron chi connectivity index (χ3n) is 3.86. The lowest BCUT2D eigenvalue weighted by atomic mass is 9.97. The van der Waals surface area contributed by atoms with E-state index < -0.39 is 0 Å². The summed E-state index contributed by atoms with van der Waals surface area (Å²) in [6.07, 6.45) is 0.706. The summed E-state index contributed by atoms with van der Waals surface area (Å²) in [5, 5.41) is 8.20. The van der Waals surface area contributed by atoms with Gasteiger partial charge in [-0.1, -0.05) is 24.6 Å². The first-order valence-electron chi connectivity index (χ1n) is 7.11. The van der Waals surface area contributed by atoms with Gasteiger partial charge in [-0.25, -0.2) is 4.39 Å². The third-order valence-corrected chi connectivity index (χ3v) is 4.09. The minimum absolute atomic E-state index is 0.0890. The Balaban J connectivity index is 2.35. The fourth-order valence-electron chi connectivity index (χ4n) is 2.64. The molecule has 1 unspecified atom stereocenters. The normalized spacial score (nSPS) is 12.7. The Labute approximate surface area is 130 Å². The minimum atomic E-state index is -0.271. The highest BCUT2D eigenvalue weighted by Crippen LogP contribution is 2.26. The smallest absolute Gasteiger partial charge is 0.129 e. The van der Waals surface area contributed by atoms with Crippen molar-refractivity contribution in [3.63, 3.8) is 0 Å². The zero-order valence-corrected chi connectivity index (χ0v) is 13.6. The van der Waals surface area contributed by atoms with Crippen LogP contribution in [0, 0.1) is 19.7 Å². The topological polar surface area (TPSA) is 29.9 Å². The monoisotopic (exact) mass is 309 g/mol. The summed E-state index contributed by atoms with van der Waals surface area (Å²) in [5.74, 6) is -0.271. The number of aromatic nitrogens is 2. The van der Waals surface area contributed by atoms with Crippen molar-refractivity contribution in [2.45, 2.75) is 33.2 Å². The Morgan fingerprint density at radius 1 is 1.38 bits per heavy atom. The van der Waals surface area contributed by atoms with E-state index in [-0.39, 0.29) is 11.9 Å². The molecule has 0 fully saturated rings. The Morgan fingerprint density at radius 2 is 2.10 bits per heavy atom. The molecule has 2 aromatic rings. The molecule has 0 bridgehead atoms. The lowest BCUT2D eigenvalue weighted by Crippen LogP contribution is -2.24. The minimum Gasteiger partial charge on any atom is -0.310 e. The summed E-state index contributed by atoms with van der Waals surface area (Å²) >= 11 is 5.84. The summed E-state index contributed by atoms with van der Waals surface area (Å²) in [6, 6.07) is 4.76. The lowest BCUT2D eigenvalue weighted by Gasteiger charge is -2.19. The second kappa shape index (κ2) is 6.58. The number of hydrogen-bond acceptors (Lipinski definition) is 2. The van der Waals surface area contributed by atoms with E-state index in [1.54, 1.807) is 12.1 Å². The molecule has 0 saturated heterocycles. The van der Waals surface area contributed by atoms with Crippen LogP contribution in [0.4, 0.5) is 4.39 Å². The average Bonchev–Trinajstić information content (AvgIpc) is 2.65. The average molecular weight is 310 g/mol. The van der Waals surface area contributed by atoms with Crippen molar-refractivity contribution in [3.05, 3.63) is 51.6 Å². The van der Waals surface area contributed by atoms with E-state index in [4.69, 9.17) is 11.6 Å². The zero-order chi connectivity index (χ0) is 15.6. The van der Waals surface area contributed by atoms with Crippen LogP contribution >= 0.6 is 11.6 Å². The molecular formula is C16H21ClFN3. The van der Waals surface area contributed by atoms with Gasteiger partial charge in [0.25, 0.3) is 0 Å². The predicted molar refractivity (Wildman–Crippen MR) is 84.2 cm³/mol. The van der Waals surface area contributed by atoms with Crippen molar-refractivity contribution >= 4 is 11.6 Å². The van der Waals surface area contributed by atoms with Crippen LogP contribution in [0.25, 0.3) is 0 Å². The maximum absolute atomic E-state index is 14.2.